The van der Waals surface area contributed by atoms with Crippen molar-refractivity contribution in [3.05, 3.63) is 53.6 Å². The minimum absolute atomic E-state index is 0.323. The third kappa shape index (κ3) is 3.20. The van der Waals surface area contributed by atoms with E-state index in [9.17, 15) is 4.79 Å². The molecule has 104 valence electrons. The lowest BCUT2D eigenvalue weighted by molar-refractivity contribution is 0.1000. The average Bonchev–Trinajstić information content (AvgIpc) is 2.46. The second kappa shape index (κ2) is 5.97. The van der Waals surface area contributed by atoms with Crippen LogP contribution in [0.4, 0.5) is 5.69 Å². The number of primary amides is 1. The highest BCUT2D eigenvalue weighted by molar-refractivity contribution is 5.93. The largest absolute Gasteiger partial charge is 0.497 e. The maximum Gasteiger partial charge on any atom is 0.248 e. The van der Waals surface area contributed by atoms with E-state index in [0.29, 0.717) is 23.6 Å². The van der Waals surface area contributed by atoms with Crippen LogP contribution in [0.2, 0.25) is 0 Å². The standard InChI is InChI=1S/C15H16N2O3/c1-19-12-4-2-3-10(7-12)9-20-14-8-11(15(17)18)5-6-13(14)16/h2-8H,9,16H2,1H3,(H2,17,18). The van der Waals surface area contributed by atoms with Crippen LogP contribution < -0.4 is 20.9 Å². The Kier molecular flexibility index (Phi) is 4.10. The first kappa shape index (κ1) is 13.7. The molecule has 1 amide bonds. The highest BCUT2D eigenvalue weighted by atomic mass is 16.5. The molecular formula is C15H16N2O3. The van der Waals surface area contributed by atoms with Crippen molar-refractivity contribution in [2.24, 2.45) is 5.73 Å². The van der Waals surface area contributed by atoms with Crippen molar-refractivity contribution in [1.82, 2.24) is 0 Å². The van der Waals surface area contributed by atoms with Gasteiger partial charge in [0, 0.05) is 5.56 Å². The van der Waals surface area contributed by atoms with Crippen LogP contribution in [0, 0.1) is 0 Å². The summed E-state index contributed by atoms with van der Waals surface area (Å²) in [4.78, 5) is 11.1. The van der Waals surface area contributed by atoms with E-state index in [0.717, 1.165) is 11.3 Å². The fourth-order valence-corrected chi connectivity index (χ4v) is 1.74. The molecule has 0 spiro atoms. The molecule has 0 unspecified atom stereocenters. The van der Waals surface area contributed by atoms with Crippen molar-refractivity contribution < 1.29 is 14.3 Å². The van der Waals surface area contributed by atoms with Gasteiger partial charge in [-0.15, -0.1) is 0 Å². The van der Waals surface area contributed by atoms with Crippen molar-refractivity contribution in [1.29, 1.82) is 0 Å². The van der Waals surface area contributed by atoms with E-state index in [-0.39, 0.29) is 0 Å². The van der Waals surface area contributed by atoms with Crippen molar-refractivity contribution >= 4 is 11.6 Å². The van der Waals surface area contributed by atoms with Gasteiger partial charge in [-0.2, -0.15) is 0 Å². The Morgan fingerprint density at radius 3 is 2.70 bits per heavy atom. The molecule has 0 heterocycles. The van der Waals surface area contributed by atoms with Gasteiger partial charge in [-0.3, -0.25) is 4.79 Å². The van der Waals surface area contributed by atoms with Crippen LogP contribution in [0.3, 0.4) is 0 Å². The van der Waals surface area contributed by atoms with E-state index in [2.05, 4.69) is 0 Å². The third-order valence-corrected chi connectivity index (χ3v) is 2.83. The first-order valence-corrected chi connectivity index (χ1v) is 6.05. The van der Waals surface area contributed by atoms with E-state index >= 15 is 0 Å². The van der Waals surface area contributed by atoms with E-state index < -0.39 is 5.91 Å². The van der Waals surface area contributed by atoms with Gasteiger partial charge in [0.2, 0.25) is 5.91 Å². The molecule has 0 aliphatic heterocycles. The van der Waals surface area contributed by atoms with Crippen LogP contribution in [0.25, 0.3) is 0 Å². The summed E-state index contributed by atoms with van der Waals surface area (Å²) in [7, 11) is 1.61. The molecule has 2 rings (SSSR count). The van der Waals surface area contributed by atoms with E-state index in [4.69, 9.17) is 20.9 Å². The Morgan fingerprint density at radius 1 is 1.20 bits per heavy atom. The van der Waals surface area contributed by atoms with E-state index in [1.165, 1.54) is 6.07 Å². The molecule has 0 saturated heterocycles. The topological polar surface area (TPSA) is 87.6 Å². The number of anilines is 1. The van der Waals surface area contributed by atoms with Crippen molar-refractivity contribution in [2.75, 3.05) is 12.8 Å². The van der Waals surface area contributed by atoms with Gasteiger partial charge in [0.25, 0.3) is 0 Å². The predicted molar refractivity (Wildman–Crippen MR) is 76.7 cm³/mol. The fraction of sp³-hybridized carbons (Fsp3) is 0.133. The summed E-state index contributed by atoms with van der Waals surface area (Å²) in [6.07, 6.45) is 0. The molecule has 5 heteroatoms. The zero-order valence-electron chi connectivity index (χ0n) is 11.1. The van der Waals surface area contributed by atoms with Gasteiger partial charge in [0.1, 0.15) is 18.1 Å². The number of carbonyl (C=O) groups excluding carboxylic acids is 1. The van der Waals surface area contributed by atoms with Gasteiger partial charge in [0.15, 0.2) is 0 Å². The number of benzene rings is 2. The van der Waals surface area contributed by atoms with Gasteiger partial charge in [-0.05, 0) is 35.9 Å². The Labute approximate surface area is 117 Å². The normalized spacial score (nSPS) is 10.1. The van der Waals surface area contributed by atoms with Gasteiger partial charge in [-0.25, -0.2) is 0 Å². The molecule has 0 fully saturated rings. The lowest BCUT2D eigenvalue weighted by Crippen LogP contribution is -2.11. The number of hydrogen-bond donors (Lipinski definition) is 2. The number of ether oxygens (including phenoxy) is 2. The summed E-state index contributed by atoms with van der Waals surface area (Å²) in [5.41, 5.74) is 12.8. The lowest BCUT2D eigenvalue weighted by Gasteiger charge is -2.10. The second-order valence-electron chi connectivity index (χ2n) is 4.26. The molecule has 2 aromatic carbocycles. The number of amides is 1. The molecule has 0 aliphatic carbocycles. The van der Waals surface area contributed by atoms with Crippen LogP contribution in [0.5, 0.6) is 11.5 Å². The Hall–Kier alpha value is -2.69. The van der Waals surface area contributed by atoms with Crippen molar-refractivity contribution in [2.45, 2.75) is 6.61 Å². The van der Waals surface area contributed by atoms with Crippen LogP contribution in [-0.4, -0.2) is 13.0 Å². The zero-order chi connectivity index (χ0) is 14.5. The molecular weight excluding hydrogens is 256 g/mol. The number of hydrogen-bond acceptors (Lipinski definition) is 4. The molecule has 4 N–H and O–H groups in total. The predicted octanol–water partition coefficient (Wildman–Crippen LogP) is 1.96. The van der Waals surface area contributed by atoms with Gasteiger partial charge in [-0.1, -0.05) is 12.1 Å². The second-order valence-corrected chi connectivity index (χ2v) is 4.26. The summed E-state index contributed by atoms with van der Waals surface area (Å²) >= 11 is 0. The summed E-state index contributed by atoms with van der Waals surface area (Å²) in [5, 5.41) is 0. The van der Waals surface area contributed by atoms with Gasteiger partial charge >= 0.3 is 0 Å². The molecule has 0 bridgehead atoms. The number of methoxy groups -OCH3 is 1. The Balaban J connectivity index is 2.13. The smallest absolute Gasteiger partial charge is 0.248 e. The highest BCUT2D eigenvalue weighted by Crippen LogP contribution is 2.24. The zero-order valence-corrected chi connectivity index (χ0v) is 11.1. The van der Waals surface area contributed by atoms with E-state index in [1.54, 1.807) is 19.2 Å². The van der Waals surface area contributed by atoms with Crippen LogP contribution in [-0.2, 0) is 6.61 Å². The minimum atomic E-state index is -0.517. The minimum Gasteiger partial charge on any atom is -0.497 e. The summed E-state index contributed by atoms with van der Waals surface area (Å²) in [6.45, 7) is 0.323. The number of carbonyl (C=O) groups is 1. The first-order chi connectivity index (χ1) is 9.60. The van der Waals surface area contributed by atoms with Crippen LogP contribution in [0.15, 0.2) is 42.5 Å². The van der Waals surface area contributed by atoms with Crippen molar-refractivity contribution in [3.8, 4) is 11.5 Å². The van der Waals surface area contributed by atoms with E-state index in [1.807, 2.05) is 24.3 Å². The summed E-state index contributed by atoms with van der Waals surface area (Å²) in [5.74, 6) is 0.672. The maximum atomic E-state index is 11.1. The summed E-state index contributed by atoms with van der Waals surface area (Å²) < 4.78 is 10.8. The quantitative estimate of drug-likeness (QED) is 0.814. The average molecular weight is 272 g/mol. The van der Waals surface area contributed by atoms with Gasteiger partial charge in [0.05, 0.1) is 12.8 Å². The molecule has 0 atom stereocenters. The number of nitrogens with two attached hydrogens (primary N) is 2. The maximum absolute atomic E-state index is 11.1. The van der Waals surface area contributed by atoms with Crippen LogP contribution in [0.1, 0.15) is 15.9 Å². The lowest BCUT2D eigenvalue weighted by atomic mass is 10.2. The fourth-order valence-electron chi connectivity index (χ4n) is 1.74. The number of nitrogen functional groups attached to an aromatic ring is 1. The highest BCUT2D eigenvalue weighted by Gasteiger charge is 2.07. The number of rotatable bonds is 5. The van der Waals surface area contributed by atoms with Crippen molar-refractivity contribution in [3.63, 3.8) is 0 Å². The summed E-state index contributed by atoms with van der Waals surface area (Å²) in [6, 6.07) is 12.2. The molecule has 0 aromatic heterocycles. The molecule has 20 heavy (non-hydrogen) atoms. The molecule has 0 radical (unpaired) electrons. The SMILES string of the molecule is COc1cccc(COc2cc(C(N)=O)ccc2N)c1. The molecule has 0 saturated carbocycles. The Bertz CT molecular complexity index is 626. The molecule has 2 aromatic rings. The van der Waals surface area contributed by atoms with Crippen LogP contribution >= 0.6 is 0 Å². The Morgan fingerprint density at radius 2 is 2.00 bits per heavy atom. The monoisotopic (exact) mass is 272 g/mol. The van der Waals surface area contributed by atoms with Gasteiger partial charge < -0.3 is 20.9 Å². The molecule has 0 aliphatic rings. The molecule has 5 nitrogen and oxygen atoms in total. The third-order valence-electron chi connectivity index (χ3n) is 2.83. The first-order valence-electron chi connectivity index (χ1n) is 6.05.